The van der Waals surface area contributed by atoms with Crippen molar-refractivity contribution < 1.29 is 4.79 Å². The Kier molecular flexibility index (Phi) is 3.19. The molecule has 0 aliphatic heterocycles. The van der Waals surface area contributed by atoms with Gasteiger partial charge >= 0.3 is 0 Å². The molecule has 1 aromatic rings. The summed E-state index contributed by atoms with van der Waals surface area (Å²) in [6.07, 6.45) is 1.43. The van der Waals surface area contributed by atoms with Crippen molar-refractivity contribution in [2.45, 2.75) is 13.8 Å². The zero-order valence-corrected chi connectivity index (χ0v) is 8.22. The van der Waals surface area contributed by atoms with Crippen molar-refractivity contribution in [3.05, 3.63) is 22.7 Å². The van der Waals surface area contributed by atoms with Crippen LogP contribution in [0.3, 0.4) is 0 Å². The molecule has 0 radical (unpaired) electrons. The summed E-state index contributed by atoms with van der Waals surface area (Å²) in [7, 11) is 0. The van der Waals surface area contributed by atoms with Crippen LogP contribution in [0.1, 0.15) is 23.2 Å². The highest BCUT2D eigenvalue weighted by molar-refractivity contribution is 6.33. The third-order valence-electron chi connectivity index (χ3n) is 1.42. The van der Waals surface area contributed by atoms with Crippen molar-refractivity contribution in [1.29, 1.82) is 0 Å². The van der Waals surface area contributed by atoms with E-state index in [0.29, 0.717) is 12.4 Å². The van der Waals surface area contributed by atoms with Crippen LogP contribution in [0, 0.1) is 6.92 Å². The lowest BCUT2D eigenvalue weighted by molar-refractivity contribution is 0.0950. The second-order valence-electron chi connectivity index (χ2n) is 2.47. The molecular weight excluding hydrogens is 190 g/mol. The van der Waals surface area contributed by atoms with Gasteiger partial charge in [-0.15, -0.1) is 0 Å². The molecule has 0 aliphatic carbocycles. The molecule has 1 N–H and O–H groups in total. The van der Waals surface area contributed by atoms with Gasteiger partial charge in [-0.1, -0.05) is 11.6 Å². The number of rotatable bonds is 2. The van der Waals surface area contributed by atoms with E-state index in [9.17, 15) is 4.79 Å². The Morgan fingerprint density at radius 3 is 3.00 bits per heavy atom. The van der Waals surface area contributed by atoms with Crippen LogP contribution in [-0.2, 0) is 0 Å². The molecule has 0 saturated carbocycles. The average molecular weight is 200 g/mol. The molecule has 0 unspecified atom stereocenters. The van der Waals surface area contributed by atoms with Gasteiger partial charge in [0.1, 0.15) is 11.5 Å². The van der Waals surface area contributed by atoms with E-state index < -0.39 is 0 Å². The van der Waals surface area contributed by atoms with Gasteiger partial charge in [0.25, 0.3) is 5.91 Å². The lowest BCUT2D eigenvalue weighted by Gasteiger charge is -2.03. The minimum atomic E-state index is -0.266. The zero-order chi connectivity index (χ0) is 9.84. The molecule has 0 fully saturated rings. The van der Waals surface area contributed by atoms with Crippen LogP contribution in [0.15, 0.2) is 6.20 Å². The second kappa shape index (κ2) is 4.18. The topological polar surface area (TPSA) is 54.9 Å². The molecule has 1 rings (SSSR count). The minimum Gasteiger partial charge on any atom is -0.351 e. The van der Waals surface area contributed by atoms with Gasteiger partial charge in [-0.05, 0) is 13.8 Å². The van der Waals surface area contributed by atoms with E-state index in [1.54, 1.807) is 6.92 Å². The number of carbonyl (C=O) groups is 1. The Hall–Kier alpha value is -1.16. The summed E-state index contributed by atoms with van der Waals surface area (Å²) >= 11 is 5.74. The van der Waals surface area contributed by atoms with Crippen LogP contribution < -0.4 is 5.32 Å². The smallest absolute Gasteiger partial charge is 0.271 e. The van der Waals surface area contributed by atoms with E-state index in [2.05, 4.69) is 15.3 Å². The first-order valence-corrected chi connectivity index (χ1v) is 4.30. The highest BCUT2D eigenvalue weighted by Crippen LogP contribution is 2.11. The maximum atomic E-state index is 11.3. The van der Waals surface area contributed by atoms with Crippen LogP contribution in [0.5, 0.6) is 0 Å². The Morgan fingerprint density at radius 1 is 1.69 bits per heavy atom. The quantitative estimate of drug-likeness (QED) is 0.779. The van der Waals surface area contributed by atoms with Gasteiger partial charge in [-0.2, -0.15) is 0 Å². The van der Waals surface area contributed by atoms with Gasteiger partial charge in [-0.3, -0.25) is 4.79 Å². The summed E-state index contributed by atoms with van der Waals surface area (Å²) < 4.78 is 0. The summed E-state index contributed by atoms with van der Waals surface area (Å²) in [4.78, 5) is 19.1. The third-order valence-corrected chi connectivity index (χ3v) is 1.69. The van der Waals surface area contributed by atoms with Crippen LogP contribution >= 0.6 is 11.6 Å². The summed E-state index contributed by atoms with van der Waals surface area (Å²) in [5.41, 5.74) is 0.232. The normalized spacial score (nSPS) is 9.77. The van der Waals surface area contributed by atoms with Crippen molar-refractivity contribution in [3.63, 3.8) is 0 Å². The summed E-state index contributed by atoms with van der Waals surface area (Å²) in [6, 6.07) is 0. The van der Waals surface area contributed by atoms with E-state index in [1.165, 1.54) is 6.20 Å². The number of nitrogens with one attached hydrogen (secondary N) is 1. The van der Waals surface area contributed by atoms with Crippen molar-refractivity contribution in [3.8, 4) is 0 Å². The van der Waals surface area contributed by atoms with E-state index in [0.717, 1.165) is 0 Å². The van der Waals surface area contributed by atoms with Gasteiger partial charge in [0.15, 0.2) is 0 Å². The first-order chi connectivity index (χ1) is 6.15. The molecule has 0 bridgehead atoms. The zero-order valence-electron chi connectivity index (χ0n) is 7.47. The molecule has 4 nitrogen and oxygen atoms in total. The fourth-order valence-electron chi connectivity index (χ4n) is 0.859. The van der Waals surface area contributed by atoms with Crippen molar-refractivity contribution in [1.82, 2.24) is 15.3 Å². The number of aromatic nitrogens is 2. The molecule has 13 heavy (non-hydrogen) atoms. The number of hydrogen-bond donors (Lipinski definition) is 1. The maximum absolute atomic E-state index is 11.3. The monoisotopic (exact) mass is 199 g/mol. The lowest BCUT2D eigenvalue weighted by atomic mass is 10.3. The Balaban J connectivity index is 2.99. The molecule has 5 heteroatoms. The molecule has 0 spiro atoms. The SMILES string of the molecule is CCNC(=O)c1nc(C)ncc1Cl. The number of aryl methyl sites for hydroxylation is 1. The largest absolute Gasteiger partial charge is 0.351 e. The second-order valence-corrected chi connectivity index (χ2v) is 2.88. The summed E-state index contributed by atoms with van der Waals surface area (Å²) in [5, 5.41) is 2.89. The Labute approximate surface area is 81.3 Å². The van der Waals surface area contributed by atoms with Crippen molar-refractivity contribution >= 4 is 17.5 Å². The molecule has 0 aliphatic rings. The predicted molar refractivity (Wildman–Crippen MR) is 49.8 cm³/mol. The number of halogens is 1. The number of nitrogens with zero attached hydrogens (tertiary/aromatic N) is 2. The van der Waals surface area contributed by atoms with Crippen LogP contribution in [-0.4, -0.2) is 22.4 Å². The third kappa shape index (κ3) is 2.39. The average Bonchev–Trinajstić information content (AvgIpc) is 2.09. The number of hydrogen-bond acceptors (Lipinski definition) is 3. The van der Waals surface area contributed by atoms with E-state index in [4.69, 9.17) is 11.6 Å². The lowest BCUT2D eigenvalue weighted by Crippen LogP contribution is -2.24. The first kappa shape index (κ1) is 9.92. The van der Waals surface area contributed by atoms with Gasteiger partial charge < -0.3 is 5.32 Å². The molecule has 1 heterocycles. The van der Waals surface area contributed by atoms with E-state index >= 15 is 0 Å². The summed E-state index contributed by atoms with van der Waals surface area (Å²) in [6.45, 7) is 4.09. The fourth-order valence-corrected chi connectivity index (χ4v) is 1.04. The maximum Gasteiger partial charge on any atom is 0.271 e. The standard InChI is InChI=1S/C8H10ClN3O/c1-3-10-8(13)7-6(9)4-11-5(2)12-7/h4H,3H2,1-2H3,(H,10,13). The Bertz CT molecular complexity index is 327. The fraction of sp³-hybridized carbons (Fsp3) is 0.375. The van der Waals surface area contributed by atoms with Gasteiger partial charge in [0, 0.05) is 6.54 Å². The number of carbonyl (C=O) groups excluding carboxylic acids is 1. The number of amides is 1. The summed E-state index contributed by atoms with van der Waals surface area (Å²) in [5.74, 6) is 0.267. The predicted octanol–water partition coefficient (Wildman–Crippen LogP) is 1.19. The molecular formula is C8H10ClN3O. The minimum absolute atomic E-state index is 0.232. The Morgan fingerprint density at radius 2 is 2.38 bits per heavy atom. The van der Waals surface area contributed by atoms with E-state index in [1.807, 2.05) is 6.92 Å². The van der Waals surface area contributed by atoms with Crippen molar-refractivity contribution in [2.24, 2.45) is 0 Å². The molecule has 70 valence electrons. The molecule has 1 amide bonds. The van der Waals surface area contributed by atoms with Gasteiger partial charge in [0.05, 0.1) is 11.2 Å². The van der Waals surface area contributed by atoms with Crippen LogP contribution in [0.4, 0.5) is 0 Å². The van der Waals surface area contributed by atoms with Gasteiger partial charge in [0.2, 0.25) is 0 Å². The van der Waals surface area contributed by atoms with Crippen LogP contribution in [0.25, 0.3) is 0 Å². The first-order valence-electron chi connectivity index (χ1n) is 3.92. The van der Waals surface area contributed by atoms with E-state index in [-0.39, 0.29) is 16.6 Å². The van der Waals surface area contributed by atoms with Crippen LogP contribution in [0.2, 0.25) is 5.02 Å². The van der Waals surface area contributed by atoms with Gasteiger partial charge in [-0.25, -0.2) is 9.97 Å². The molecule has 0 saturated heterocycles. The van der Waals surface area contributed by atoms with Crippen molar-refractivity contribution in [2.75, 3.05) is 6.54 Å². The highest BCUT2D eigenvalue weighted by Gasteiger charge is 2.11. The molecule has 0 atom stereocenters. The highest BCUT2D eigenvalue weighted by atomic mass is 35.5. The molecule has 0 aromatic carbocycles. The molecule has 1 aromatic heterocycles.